The molecule has 3 N–H and O–H groups in total. The number of benzene rings is 6. The fraction of sp³-hybridized carbons (Fsp3) is 0.455. The number of para-hydroxylation sites is 3. The molecule has 2 aliphatic rings. The van der Waals surface area contributed by atoms with E-state index in [1.165, 1.54) is 58.8 Å². The van der Waals surface area contributed by atoms with E-state index < -0.39 is 17.9 Å². The number of aromatic nitrogens is 9. The van der Waals surface area contributed by atoms with E-state index in [9.17, 15) is 29.7 Å². The summed E-state index contributed by atoms with van der Waals surface area (Å²) in [5.41, 5.74) is 29.5. The molecule has 656 valence electrons. The lowest BCUT2D eigenvalue weighted by Gasteiger charge is -2.26. The number of carbonyl (C=O) groups is 3. The van der Waals surface area contributed by atoms with Gasteiger partial charge in [0.25, 0.3) is 0 Å². The van der Waals surface area contributed by atoms with Crippen molar-refractivity contribution in [3.63, 3.8) is 0 Å². The first-order valence-corrected chi connectivity index (χ1v) is 44.8. The molecule has 2 saturated heterocycles. The molecule has 14 rings (SSSR count). The second-order valence-electron chi connectivity index (χ2n) is 33.8. The van der Waals surface area contributed by atoms with E-state index in [0.717, 1.165) is 258 Å². The van der Waals surface area contributed by atoms with Crippen LogP contribution in [0, 0.1) is 104 Å². The third-order valence-corrected chi connectivity index (χ3v) is 26.5. The van der Waals surface area contributed by atoms with Crippen LogP contribution in [0.1, 0.15) is 173 Å². The van der Waals surface area contributed by atoms with Crippen molar-refractivity contribution >= 4 is 85.4 Å². The van der Waals surface area contributed by atoms with E-state index >= 15 is 0 Å². The lowest BCUT2D eigenvalue weighted by Crippen LogP contribution is -2.38. The molecule has 8 heterocycles. The number of hydrogen-bond acceptors (Lipinski definition) is 12. The molecule has 6 aromatic heterocycles. The fourth-order valence-electron chi connectivity index (χ4n) is 18.6. The second-order valence-corrected chi connectivity index (χ2v) is 34.9. The van der Waals surface area contributed by atoms with Gasteiger partial charge < -0.3 is 52.9 Å². The summed E-state index contributed by atoms with van der Waals surface area (Å²) in [4.78, 5) is 39.8. The summed E-state index contributed by atoms with van der Waals surface area (Å²) in [6.07, 6.45) is 7.79. The van der Waals surface area contributed by atoms with Crippen molar-refractivity contribution in [2.45, 2.75) is 227 Å². The molecule has 0 unspecified atom stereocenters. The number of fused-ring (bicyclic) bond motifs is 3. The van der Waals surface area contributed by atoms with Crippen LogP contribution in [0.25, 0.3) is 66.1 Å². The summed E-state index contributed by atoms with van der Waals surface area (Å²) < 4.78 is 36.7. The number of hydrogen-bond donors (Lipinski definition) is 3. The van der Waals surface area contributed by atoms with Gasteiger partial charge in [0.1, 0.15) is 17.2 Å². The number of likely N-dealkylation sites (tertiary alicyclic amines) is 1. The monoisotopic (exact) mass is 1730 g/mol. The highest BCUT2D eigenvalue weighted by atomic mass is 35.5. The van der Waals surface area contributed by atoms with Crippen molar-refractivity contribution in [1.82, 2.24) is 52.8 Å². The summed E-state index contributed by atoms with van der Waals surface area (Å²) in [5, 5.41) is 49.2. The van der Waals surface area contributed by atoms with Crippen molar-refractivity contribution in [2.75, 3.05) is 72.3 Å². The Balaban J connectivity index is 0.000000169. The van der Waals surface area contributed by atoms with Crippen LogP contribution in [-0.2, 0) is 71.1 Å². The smallest absolute Gasteiger partial charge is 0.305 e. The maximum Gasteiger partial charge on any atom is 0.305 e. The maximum atomic E-state index is 11.6. The minimum Gasteiger partial charge on any atom is -0.494 e. The van der Waals surface area contributed by atoms with Crippen LogP contribution in [0.2, 0.25) is 15.1 Å². The third-order valence-electron chi connectivity index (χ3n) is 24.8. The Morgan fingerprint density at radius 1 is 0.398 bits per heavy atom. The van der Waals surface area contributed by atoms with Gasteiger partial charge in [0.2, 0.25) is 0 Å². The van der Waals surface area contributed by atoms with Crippen LogP contribution >= 0.6 is 34.8 Å². The Bertz CT molecular complexity index is 5750. The lowest BCUT2D eigenvalue weighted by molar-refractivity contribution is -0.138. The van der Waals surface area contributed by atoms with E-state index in [0.29, 0.717) is 39.5 Å². The SMILES string of the molecule is Cc1cc(OCCCc2c(C)n(CCC(=O)O)c3c(-c4c(C)nn(C(C)C)c4C)cccc23)cc(C)c1Cl.Cc1cc(OCCCc2c(C)n(CCC(=O)O)c3c(-c4c(C)nn(CCN5CCCC5)c4C)cccc23)cc(C)c1Cl.Cc1cc(OCCCc2c(C)n(CCC(=O)O)c3c(-c4c(C)nn(CCN5CCOCC5)c4C)cccc23)cc(C)c1Cl. The average Bonchev–Trinajstić information content (AvgIpc) is 1.59. The predicted octanol–water partition coefficient (Wildman–Crippen LogP) is 21.6. The van der Waals surface area contributed by atoms with Gasteiger partial charge in [-0.15, -0.1) is 0 Å². The zero-order chi connectivity index (χ0) is 88.4. The molecule has 0 aliphatic carbocycles. The highest BCUT2D eigenvalue weighted by Gasteiger charge is 2.28. The number of carboxylic acids is 3. The minimum atomic E-state index is -0.800. The number of aliphatic carboxylic acids is 3. The van der Waals surface area contributed by atoms with Gasteiger partial charge in [-0.3, -0.25) is 33.3 Å². The van der Waals surface area contributed by atoms with Crippen molar-refractivity contribution in [3.8, 4) is 50.6 Å². The van der Waals surface area contributed by atoms with Gasteiger partial charge >= 0.3 is 17.9 Å². The normalized spacial score (nSPS) is 13.2. The predicted molar refractivity (Wildman–Crippen MR) is 496 cm³/mol. The van der Waals surface area contributed by atoms with Crippen LogP contribution in [-0.4, -0.2) is 158 Å². The van der Waals surface area contributed by atoms with Crippen molar-refractivity contribution in [3.05, 3.63) is 207 Å². The quantitative estimate of drug-likeness (QED) is 0.0319. The Hall–Kier alpha value is -9.87. The van der Waals surface area contributed by atoms with Crippen molar-refractivity contribution in [2.24, 2.45) is 0 Å². The van der Waals surface area contributed by atoms with E-state index in [4.69, 9.17) is 69.0 Å². The Morgan fingerprint density at radius 3 is 1.00 bits per heavy atom. The fourth-order valence-corrected chi connectivity index (χ4v) is 18.9. The molecule has 0 spiro atoms. The summed E-state index contributed by atoms with van der Waals surface area (Å²) in [6, 6.07) is 31.4. The standard InChI is InChI=1S/C34H43ClN4O4.C34H43ClN4O3.C31H38ClN3O3/c1-22-20-27(21-23(2)33(22)35)43-17-7-10-28-25(4)38(12-11-31(40)41)34-29(28)8-6-9-30(34)32-24(3)36-39(26(32)5)14-13-37-15-18-42-19-16-37;1-22-20-27(21-23(2)33(22)35)42-19-9-12-28-25(4)38(16-13-31(40)41)34-29(28)10-8-11-30(34)32-24(3)36-39(26(32)5)18-17-37-14-6-7-15-37;1-18(2)35-23(7)29(21(5)33-35)27-11-8-10-26-25(22(6)34(31(26)27)14-13-28(36)37)12-9-15-38-24-16-19(3)30(32)20(4)17-24/h6,8-9,20-21H,7,10-19H2,1-5H3,(H,40,41);8,10-11,20-21H,6-7,9,12-19H2,1-5H3,(H,40,41);8,10-11,16-18H,9,12-15H2,1-7H3,(H,36,37). The van der Waals surface area contributed by atoms with E-state index in [1.807, 2.05) is 77.9 Å². The molecule has 24 heteroatoms. The zero-order valence-corrected chi connectivity index (χ0v) is 77.3. The van der Waals surface area contributed by atoms with Gasteiger partial charge in [0, 0.05) is 151 Å². The summed E-state index contributed by atoms with van der Waals surface area (Å²) in [7, 11) is 0. The topological polar surface area (TPSA) is 224 Å². The first-order valence-electron chi connectivity index (χ1n) is 43.6. The largest absolute Gasteiger partial charge is 0.494 e. The van der Waals surface area contributed by atoms with Crippen LogP contribution in [0.15, 0.2) is 91.0 Å². The molecule has 0 radical (unpaired) electrons. The molecule has 2 aliphatic heterocycles. The number of morpholine rings is 1. The van der Waals surface area contributed by atoms with Crippen LogP contribution in [0.4, 0.5) is 0 Å². The molecule has 123 heavy (non-hydrogen) atoms. The average molecular weight is 1730 g/mol. The van der Waals surface area contributed by atoms with Gasteiger partial charge in [-0.25, -0.2) is 0 Å². The highest BCUT2D eigenvalue weighted by molar-refractivity contribution is 6.32. The van der Waals surface area contributed by atoms with Gasteiger partial charge in [0.15, 0.2) is 0 Å². The van der Waals surface area contributed by atoms with Gasteiger partial charge in [-0.1, -0.05) is 89.4 Å². The summed E-state index contributed by atoms with van der Waals surface area (Å²) >= 11 is 19.0. The highest BCUT2D eigenvalue weighted by Crippen LogP contribution is 2.43. The Morgan fingerprint density at radius 2 is 0.699 bits per heavy atom. The van der Waals surface area contributed by atoms with E-state index in [2.05, 4.69) is 168 Å². The molecule has 0 amide bonds. The summed E-state index contributed by atoms with van der Waals surface area (Å²) in [6.45, 7) is 47.7. The van der Waals surface area contributed by atoms with Crippen LogP contribution in [0.5, 0.6) is 17.2 Å². The Kier molecular flexibility index (Phi) is 31.0. The first kappa shape index (κ1) is 92.3. The van der Waals surface area contributed by atoms with E-state index in [-0.39, 0.29) is 25.3 Å². The Labute approximate surface area is 739 Å². The minimum absolute atomic E-state index is 0.0630. The van der Waals surface area contributed by atoms with Crippen LogP contribution in [0.3, 0.4) is 0 Å². The lowest BCUT2D eigenvalue weighted by atomic mass is 9.98. The molecule has 0 atom stereocenters. The van der Waals surface area contributed by atoms with Gasteiger partial charge in [0.05, 0.1) is 99.0 Å². The molecule has 2 fully saturated rings. The number of aryl methyl sites for hydroxylation is 15. The molecule has 6 aromatic carbocycles. The molecule has 21 nitrogen and oxygen atoms in total. The molecule has 12 aromatic rings. The van der Waals surface area contributed by atoms with E-state index in [1.54, 1.807) is 0 Å². The number of halogens is 3. The molecular weight excluding hydrogens is 1610 g/mol. The third kappa shape index (κ3) is 21.2. The second kappa shape index (κ2) is 41.3. The zero-order valence-electron chi connectivity index (χ0n) is 75.1. The van der Waals surface area contributed by atoms with Crippen molar-refractivity contribution in [1.29, 1.82) is 0 Å². The molecule has 0 saturated carbocycles. The van der Waals surface area contributed by atoms with Crippen LogP contribution < -0.4 is 14.2 Å². The number of rotatable bonds is 34. The van der Waals surface area contributed by atoms with Gasteiger partial charge in [-0.2, -0.15) is 15.3 Å². The molecular formula is C99H124Cl3N11O10. The molecule has 0 bridgehead atoms. The van der Waals surface area contributed by atoms with Crippen molar-refractivity contribution < 1.29 is 48.7 Å². The first-order chi connectivity index (χ1) is 58.8. The number of ether oxygens (including phenoxy) is 4. The van der Waals surface area contributed by atoms with Gasteiger partial charge in [-0.05, 0) is 269 Å². The summed E-state index contributed by atoms with van der Waals surface area (Å²) in [5.74, 6) is 0.112. The number of carboxylic acid groups (broad SMARTS) is 3. The maximum absolute atomic E-state index is 11.6. The number of nitrogens with zero attached hydrogens (tertiary/aromatic N) is 11.